The van der Waals surface area contributed by atoms with E-state index in [0.29, 0.717) is 23.7 Å². The Hall–Kier alpha value is -0.620. The highest BCUT2D eigenvalue weighted by molar-refractivity contribution is 7.89. The minimum absolute atomic E-state index is 0.0759. The minimum Gasteiger partial charge on any atom is -0.327 e. The van der Waals surface area contributed by atoms with E-state index in [4.69, 9.17) is 17.3 Å². The van der Waals surface area contributed by atoms with Crippen molar-refractivity contribution in [3.8, 4) is 0 Å². The first kappa shape index (κ1) is 13.8. The fraction of sp³-hybridized carbons (Fsp3) is 0.500. The van der Waals surface area contributed by atoms with E-state index in [1.807, 2.05) is 0 Å². The molecule has 4 nitrogen and oxygen atoms in total. The van der Waals surface area contributed by atoms with Crippen molar-refractivity contribution >= 4 is 21.6 Å². The van der Waals surface area contributed by atoms with Gasteiger partial charge in [-0.2, -0.15) is 4.31 Å². The third-order valence-corrected chi connectivity index (χ3v) is 5.43. The molecule has 1 aliphatic heterocycles. The van der Waals surface area contributed by atoms with E-state index in [-0.39, 0.29) is 10.9 Å². The van der Waals surface area contributed by atoms with Crippen LogP contribution in [0.4, 0.5) is 0 Å². The smallest absolute Gasteiger partial charge is 0.243 e. The summed E-state index contributed by atoms with van der Waals surface area (Å²) in [5.74, 6) is 0. The first-order chi connectivity index (χ1) is 8.41. The van der Waals surface area contributed by atoms with Crippen LogP contribution >= 0.6 is 11.6 Å². The van der Waals surface area contributed by atoms with Crippen molar-refractivity contribution in [2.45, 2.75) is 30.7 Å². The van der Waals surface area contributed by atoms with Gasteiger partial charge in [0.2, 0.25) is 10.0 Å². The van der Waals surface area contributed by atoms with Crippen LogP contribution in [-0.4, -0.2) is 31.9 Å². The van der Waals surface area contributed by atoms with Crippen LogP contribution in [0, 0.1) is 6.92 Å². The molecule has 1 saturated heterocycles. The van der Waals surface area contributed by atoms with Crippen molar-refractivity contribution in [1.29, 1.82) is 0 Å². The summed E-state index contributed by atoms with van der Waals surface area (Å²) < 4.78 is 26.5. The van der Waals surface area contributed by atoms with E-state index in [1.165, 1.54) is 10.4 Å². The first-order valence-electron chi connectivity index (χ1n) is 5.93. The molecule has 6 heteroatoms. The number of nitrogens with two attached hydrogens (primary N) is 1. The van der Waals surface area contributed by atoms with E-state index < -0.39 is 10.0 Å². The molecule has 0 aliphatic carbocycles. The molecular weight excluding hydrogens is 272 g/mol. The largest absolute Gasteiger partial charge is 0.327 e. The molecule has 0 spiro atoms. The topological polar surface area (TPSA) is 63.4 Å². The quantitative estimate of drug-likeness (QED) is 0.902. The molecule has 100 valence electrons. The number of piperidine rings is 1. The van der Waals surface area contributed by atoms with Gasteiger partial charge in [-0.15, -0.1) is 0 Å². The number of benzene rings is 1. The van der Waals surface area contributed by atoms with Crippen LogP contribution in [0.5, 0.6) is 0 Å². The Balaban J connectivity index is 2.38. The maximum Gasteiger partial charge on any atom is 0.243 e. The van der Waals surface area contributed by atoms with Gasteiger partial charge in [-0.25, -0.2) is 8.42 Å². The van der Waals surface area contributed by atoms with E-state index in [1.54, 1.807) is 19.1 Å². The highest BCUT2D eigenvalue weighted by atomic mass is 35.5. The Morgan fingerprint density at radius 3 is 2.83 bits per heavy atom. The van der Waals surface area contributed by atoms with Crippen LogP contribution in [0.15, 0.2) is 23.1 Å². The van der Waals surface area contributed by atoms with Crippen molar-refractivity contribution in [2.24, 2.45) is 5.73 Å². The lowest BCUT2D eigenvalue weighted by molar-refractivity contribution is 0.316. The molecule has 0 saturated carbocycles. The monoisotopic (exact) mass is 288 g/mol. The highest BCUT2D eigenvalue weighted by Gasteiger charge is 2.29. The zero-order valence-corrected chi connectivity index (χ0v) is 11.8. The number of nitrogens with zero attached hydrogens (tertiary/aromatic N) is 1. The van der Waals surface area contributed by atoms with Crippen molar-refractivity contribution in [3.05, 3.63) is 28.8 Å². The van der Waals surface area contributed by atoms with Gasteiger partial charge in [-0.3, -0.25) is 0 Å². The van der Waals surface area contributed by atoms with Crippen LogP contribution in [0.1, 0.15) is 18.4 Å². The number of halogens is 1. The Bertz CT molecular complexity index is 545. The van der Waals surface area contributed by atoms with E-state index in [0.717, 1.165) is 12.8 Å². The molecule has 18 heavy (non-hydrogen) atoms. The Labute approximate surface area is 113 Å². The third-order valence-electron chi connectivity index (χ3n) is 3.19. The van der Waals surface area contributed by atoms with Crippen LogP contribution in [0.2, 0.25) is 5.02 Å². The second kappa shape index (κ2) is 5.17. The van der Waals surface area contributed by atoms with Crippen LogP contribution in [0.25, 0.3) is 0 Å². The van der Waals surface area contributed by atoms with Crippen molar-refractivity contribution in [3.63, 3.8) is 0 Å². The number of hydrogen-bond donors (Lipinski definition) is 1. The Kier molecular flexibility index (Phi) is 3.96. The van der Waals surface area contributed by atoms with E-state index in [2.05, 4.69) is 0 Å². The maximum absolute atomic E-state index is 12.5. The average Bonchev–Trinajstić information content (AvgIpc) is 2.32. The number of aryl methyl sites for hydroxylation is 1. The van der Waals surface area contributed by atoms with Gasteiger partial charge < -0.3 is 5.73 Å². The Morgan fingerprint density at radius 2 is 2.17 bits per heavy atom. The van der Waals surface area contributed by atoms with Crippen LogP contribution < -0.4 is 5.73 Å². The second-order valence-corrected chi connectivity index (χ2v) is 7.02. The molecule has 0 aromatic heterocycles. The lowest BCUT2D eigenvalue weighted by Crippen LogP contribution is -2.45. The van der Waals surface area contributed by atoms with Gasteiger partial charge in [0.15, 0.2) is 0 Å². The molecule has 0 unspecified atom stereocenters. The first-order valence-corrected chi connectivity index (χ1v) is 7.75. The SMILES string of the molecule is Cc1ccc(Cl)cc1S(=O)(=O)N1CCC[C@H](N)C1. The minimum atomic E-state index is -3.48. The maximum atomic E-state index is 12.5. The van der Waals surface area contributed by atoms with Crippen molar-refractivity contribution in [2.75, 3.05) is 13.1 Å². The average molecular weight is 289 g/mol. The van der Waals surface area contributed by atoms with E-state index >= 15 is 0 Å². The molecule has 2 rings (SSSR count). The van der Waals surface area contributed by atoms with Crippen molar-refractivity contribution in [1.82, 2.24) is 4.31 Å². The predicted molar refractivity (Wildman–Crippen MR) is 72.2 cm³/mol. The lowest BCUT2D eigenvalue weighted by Gasteiger charge is -2.30. The summed E-state index contributed by atoms with van der Waals surface area (Å²) in [4.78, 5) is 0.282. The summed E-state index contributed by atoms with van der Waals surface area (Å²) in [6, 6.07) is 4.84. The summed E-state index contributed by atoms with van der Waals surface area (Å²) in [6.45, 7) is 2.68. The fourth-order valence-corrected chi connectivity index (χ4v) is 4.21. The molecule has 1 heterocycles. The summed E-state index contributed by atoms with van der Waals surface area (Å²) in [5.41, 5.74) is 6.54. The van der Waals surface area contributed by atoms with Gasteiger partial charge in [0.05, 0.1) is 4.90 Å². The molecule has 2 N–H and O–H groups in total. The Morgan fingerprint density at radius 1 is 1.44 bits per heavy atom. The lowest BCUT2D eigenvalue weighted by atomic mass is 10.1. The molecule has 0 amide bonds. The molecule has 1 atom stereocenters. The van der Waals surface area contributed by atoms with Gasteiger partial charge >= 0.3 is 0 Å². The van der Waals surface area contributed by atoms with E-state index in [9.17, 15) is 8.42 Å². The predicted octanol–water partition coefficient (Wildman–Crippen LogP) is 1.76. The van der Waals surface area contributed by atoms with Gasteiger partial charge in [-0.05, 0) is 37.5 Å². The van der Waals surface area contributed by atoms with Gasteiger partial charge in [-0.1, -0.05) is 17.7 Å². The van der Waals surface area contributed by atoms with Gasteiger partial charge in [0, 0.05) is 24.2 Å². The summed E-state index contributed by atoms with van der Waals surface area (Å²) in [5, 5.41) is 0.431. The number of rotatable bonds is 2. The zero-order chi connectivity index (χ0) is 13.3. The molecule has 0 radical (unpaired) electrons. The fourth-order valence-electron chi connectivity index (χ4n) is 2.18. The summed E-state index contributed by atoms with van der Waals surface area (Å²) in [7, 11) is -3.48. The molecule has 1 fully saturated rings. The molecule has 1 aromatic rings. The number of hydrogen-bond acceptors (Lipinski definition) is 3. The van der Waals surface area contributed by atoms with Gasteiger partial charge in [0.1, 0.15) is 0 Å². The van der Waals surface area contributed by atoms with Crippen LogP contribution in [0.3, 0.4) is 0 Å². The summed E-state index contributed by atoms with van der Waals surface area (Å²) in [6.07, 6.45) is 1.68. The normalized spacial score (nSPS) is 22.1. The third kappa shape index (κ3) is 2.69. The molecule has 1 aromatic carbocycles. The number of sulfonamides is 1. The highest BCUT2D eigenvalue weighted by Crippen LogP contribution is 2.25. The second-order valence-electron chi connectivity index (χ2n) is 4.68. The molecular formula is C12H17ClN2O2S. The summed E-state index contributed by atoms with van der Waals surface area (Å²) >= 11 is 5.88. The standard InChI is InChI=1S/C12H17ClN2O2S/c1-9-4-5-10(13)7-12(9)18(16,17)15-6-2-3-11(14)8-15/h4-5,7,11H,2-3,6,8,14H2,1H3/t11-/m0/s1. The molecule has 1 aliphatic rings. The van der Waals surface area contributed by atoms with Gasteiger partial charge in [0.25, 0.3) is 0 Å². The molecule has 0 bridgehead atoms. The zero-order valence-electron chi connectivity index (χ0n) is 10.3. The van der Waals surface area contributed by atoms with Crippen molar-refractivity contribution < 1.29 is 8.42 Å². The van der Waals surface area contributed by atoms with Crippen LogP contribution in [-0.2, 0) is 10.0 Å².